The monoisotopic (exact) mass is 1090 g/mol. The fraction of sp³-hybridized carbons (Fsp3) is 0.939. The van der Waals surface area contributed by atoms with E-state index in [2.05, 4.69) is 26.1 Å². The molecule has 1 rings (SSSR count). The summed E-state index contributed by atoms with van der Waals surface area (Å²) in [5.41, 5.74) is 0. The van der Waals surface area contributed by atoms with E-state index >= 15 is 0 Å². The molecule has 8 unspecified atom stereocenters. The Labute approximate surface area is 474 Å². The van der Waals surface area contributed by atoms with Gasteiger partial charge in [-0.2, -0.15) is 0 Å². The minimum atomic E-state index is -1.61. The summed E-state index contributed by atoms with van der Waals surface area (Å²) >= 11 is 0. The minimum absolute atomic E-state index is 0.132. The summed E-state index contributed by atoms with van der Waals surface area (Å²) in [5.74, 6) is -1.18. The van der Waals surface area contributed by atoms with Crippen LogP contribution in [0.25, 0.3) is 0 Å². The van der Waals surface area contributed by atoms with Crippen molar-refractivity contribution < 1.29 is 49.3 Å². The predicted molar refractivity (Wildman–Crippen MR) is 320 cm³/mol. The molecule has 1 saturated heterocycles. The zero-order valence-corrected chi connectivity index (χ0v) is 50.6. The van der Waals surface area contributed by atoms with Crippen LogP contribution in [0.4, 0.5) is 0 Å². The maximum absolute atomic E-state index is 13.4. The summed E-state index contributed by atoms with van der Waals surface area (Å²) in [4.78, 5) is 26.5. The van der Waals surface area contributed by atoms with Crippen LogP contribution < -0.4 is 5.32 Å². The van der Waals surface area contributed by atoms with Gasteiger partial charge < -0.3 is 45.1 Å². The van der Waals surface area contributed by atoms with Crippen molar-refractivity contribution in [1.29, 1.82) is 0 Å². The lowest BCUT2D eigenvalue weighted by Crippen LogP contribution is -2.61. The molecule has 0 aromatic heterocycles. The molecule has 0 bridgehead atoms. The van der Waals surface area contributed by atoms with Crippen LogP contribution in [0, 0.1) is 0 Å². The zero-order chi connectivity index (χ0) is 56.1. The van der Waals surface area contributed by atoms with Gasteiger partial charge in [-0.1, -0.05) is 315 Å². The topological polar surface area (TPSA) is 175 Å². The lowest BCUT2D eigenvalue weighted by Gasteiger charge is -2.41. The van der Waals surface area contributed by atoms with Gasteiger partial charge in [0, 0.05) is 6.42 Å². The third-order valence-corrected chi connectivity index (χ3v) is 16.2. The number of hydrogen-bond acceptors (Lipinski definition) is 10. The molecule has 77 heavy (non-hydrogen) atoms. The first-order valence-electron chi connectivity index (χ1n) is 33.5. The molecule has 1 aliphatic rings. The number of allylic oxidation sites excluding steroid dienone is 1. The Morgan fingerprint density at radius 1 is 0.494 bits per heavy atom. The van der Waals surface area contributed by atoms with Crippen LogP contribution in [0.5, 0.6) is 0 Å². The van der Waals surface area contributed by atoms with E-state index in [9.17, 15) is 35.1 Å². The molecule has 6 N–H and O–H groups in total. The molecular formula is C66H127NO10. The van der Waals surface area contributed by atoms with Gasteiger partial charge in [0.1, 0.15) is 24.4 Å². The number of ether oxygens (including phenoxy) is 3. The van der Waals surface area contributed by atoms with Gasteiger partial charge in [-0.25, -0.2) is 0 Å². The van der Waals surface area contributed by atoms with Crippen LogP contribution >= 0.6 is 0 Å². The number of aliphatic hydroxyl groups is 5. The Balaban J connectivity index is 2.53. The van der Waals surface area contributed by atoms with Crippen LogP contribution in [0.3, 0.4) is 0 Å². The molecule has 8 atom stereocenters. The first-order chi connectivity index (χ1) is 37.7. The molecule has 0 saturated carbocycles. The number of nitrogens with one attached hydrogen (secondary N) is 1. The zero-order valence-electron chi connectivity index (χ0n) is 50.6. The van der Waals surface area contributed by atoms with Gasteiger partial charge in [0.05, 0.1) is 25.4 Å². The molecule has 1 heterocycles. The Morgan fingerprint density at radius 2 is 0.844 bits per heavy atom. The van der Waals surface area contributed by atoms with Gasteiger partial charge in [-0.15, -0.1) is 0 Å². The third-order valence-electron chi connectivity index (χ3n) is 16.2. The standard InChI is InChI=1S/C66H127NO10/c1-4-7-10-13-16-19-22-24-25-26-27-28-29-30-31-32-33-34-35-37-39-42-45-48-51-54-61(71)77-64-63(73)62(72)60(55-68)76-66(64)75-56-57(58(69)52-49-46-43-41-38-36-23-20-17-14-11-8-5-2)67-65(74)59(70)53-50-47-44-40-21-18-15-12-9-6-3/h49,52,57-60,62-64,66,68-70,72-73H,4-48,50-51,53-56H2,1-3H3,(H,67,74)/b52-49+. The second-order valence-corrected chi connectivity index (χ2v) is 23.6. The van der Waals surface area contributed by atoms with Crippen LogP contribution in [0.15, 0.2) is 12.2 Å². The van der Waals surface area contributed by atoms with E-state index in [0.717, 1.165) is 57.8 Å². The Morgan fingerprint density at radius 3 is 1.22 bits per heavy atom. The highest BCUT2D eigenvalue weighted by molar-refractivity contribution is 5.80. The number of unbranched alkanes of at least 4 members (excludes halogenated alkanes) is 44. The number of carbonyl (C=O) groups excluding carboxylic acids is 2. The first-order valence-corrected chi connectivity index (χ1v) is 33.5. The molecule has 0 aliphatic carbocycles. The van der Waals surface area contributed by atoms with Crippen molar-refractivity contribution in [2.75, 3.05) is 13.2 Å². The predicted octanol–water partition coefficient (Wildman–Crippen LogP) is 16.3. The van der Waals surface area contributed by atoms with Gasteiger partial charge in [0.15, 0.2) is 12.4 Å². The van der Waals surface area contributed by atoms with Crippen molar-refractivity contribution in [3.8, 4) is 0 Å². The fourth-order valence-electron chi connectivity index (χ4n) is 10.9. The van der Waals surface area contributed by atoms with E-state index in [1.54, 1.807) is 6.08 Å². The maximum Gasteiger partial charge on any atom is 0.306 e. The van der Waals surface area contributed by atoms with E-state index in [4.69, 9.17) is 14.2 Å². The Hall–Kier alpha value is -1.60. The van der Waals surface area contributed by atoms with E-state index in [-0.39, 0.29) is 13.0 Å². The highest BCUT2D eigenvalue weighted by Gasteiger charge is 2.47. The van der Waals surface area contributed by atoms with E-state index in [1.165, 1.54) is 231 Å². The van der Waals surface area contributed by atoms with Gasteiger partial charge in [-0.3, -0.25) is 9.59 Å². The van der Waals surface area contributed by atoms with Crippen molar-refractivity contribution in [2.45, 2.75) is 384 Å². The van der Waals surface area contributed by atoms with Crippen molar-refractivity contribution in [3.05, 3.63) is 12.2 Å². The van der Waals surface area contributed by atoms with Crippen LogP contribution in [0.2, 0.25) is 0 Å². The molecule has 1 amide bonds. The van der Waals surface area contributed by atoms with Crippen molar-refractivity contribution in [1.82, 2.24) is 5.32 Å². The van der Waals surface area contributed by atoms with Crippen LogP contribution in [-0.2, 0) is 23.8 Å². The minimum Gasteiger partial charge on any atom is -0.454 e. The van der Waals surface area contributed by atoms with E-state index in [0.29, 0.717) is 19.3 Å². The second kappa shape index (κ2) is 55.0. The fourth-order valence-corrected chi connectivity index (χ4v) is 10.9. The quantitative estimate of drug-likeness (QED) is 0.0195. The van der Waals surface area contributed by atoms with Gasteiger partial charge in [0.2, 0.25) is 5.91 Å². The summed E-state index contributed by atoms with van der Waals surface area (Å²) in [6.07, 6.45) is 52.7. The summed E-state index contributed by atoms with van der Waals surface area (Å²) < 4.78 is 17.7. The molecule has 11 heteroatoms. The largest absolute Gasteiger partial charge is 0.454 e. The van der Waals surface area contributed by atoms with Gasteiger partial charge in [0.25, 0.3) is 0 Å². The lowest BCUT2D eigenvalue weighted by atomic mass is 9.99. The smallest absolute Gasteiger partial charge is 0.306 e. The van der Waals surface area contributed by atoms with E-state index in [1.807, 2.05) is 6.08 Å². The second-order valence-electron chi connectivity index (χ2n) is 23.6. The van der Waals surface area contributed by atoms with Crippen molar-refractivity contribution in [2.24, 2.45) is 0 Å². The van der Waals surface area contributed by atoms with Crippen LogP contribution in [-0.4, -0.2) is 99.6 Å². The molecule has 1 aliphatic heterocycles. The number of hydrogen-bond donors (Lipinski definition) is 6. The first kappa shape index (κ1) is 73.4. The average molecular weight is 1090 g/mol. The van der Waals surface area contributed by atoms with Gasteiger partial charge >= 0.3 is 5.97 Å². The number of esters is 1. The normalized spacial score (nSPS) is 19.0. The molecule has 0 radical (unpaired) electrons. The molecule has 0 spiro atoms. The van der Waals surface area contributed by atoms with Crippen molar-refractivity contribution >= 4 is 11.9 Å². The van der Waals surface area contributed by atoms with Crippen LogP contribution in [0.1, 0.15) is 335 Å². The average Bonchev–Trinajstić information content (AvgIpc) is 3.43. The Bertz CT molecular complexity index is 1300. The maximum atomic E-state index is 13.4. The van der Waals surface area contributed by atoms with Crippen molar-refractivity contribution in [3.63, 3.8) is 0 Å². The summed E-state index contributed by atoms with van der Waals surface area (Å²) in [7, 11) is 0. The lowest BCUT2D eigenvalue weighted by molar-refractivity contribution is -0.305. The van der Waals surface area contributed by atoms with Gasteiger partial charge in [-0.05, 0) is 25.7 Å². The number of carbonyl (C=O) groups is 2. The highest BCUT2D eigenvalue weighted by atomic mass is 16.7. The highest BCUT2D eigenvalue weighted by Crippen LogP contribution is 2.26. The number of amides is 1. The molecule has 0 aromatic carbocycles. The molecular weight excluding hydrogens is 967 g/mol. The molecule has 0 aromatic rings. The third kappa shape index (κ3) is 42.9. The number of aliphatic hydroxyl groups excluding tert-OH is 5. The molecule has 456 valence electrons. The molecule has 11 nitrogen and oxygen atoms in total. The Kier molecular flexibility index (Phi) is 52.4. The molecule has 1 fully saturated rings. The number of rotatable bonds is 58. The van der Waals surface area contributed by atoms with E-state index < -0.39 is 67.4 Å². The summed E-state index contributed by atoms with van der Waals surface area (Å²) in [5, 5.41) is 57.0. The summed E-state index contributed by atoms with van der Waals surface area (Å²) in [6.45, 7) is 5.82. The summed E-state index contributed by atoms with van der Waals surface area (Å²) in [6, 6.07) is -1.02. The SMILES string of the molecule is CCCCCCCCCCCCC/C=C/C(O)C(COC1OC(CO)C(O)C(O)C1OC(=O)CCCCCCCCCCCCCCCCCCCCCCCCCCC)NC(=O)C(O)CCCCCCCCCCCC.